The number of hydrogen-bond acceptors (Lipinski definition) is 5. The standard InChI is InChI=1S/C11H10N4O4/c1-7-5-8(2)13(12-7)10-4-3-9(14(16)17)6-11(10)15(18)19/h3-6H,1-2H3. The van der Waals surface area contributed by atoms with Crippen LogP contribution >= 0.6 is 0 Å². The first-order valence-electron chi connectivity index (χ1n) is 5.36. The van der Waals surface area contributed by atoms with Gasteiger partial charge in [-0.15, -0.1) is 0 Å². The van der Waals surface area contributed by atoms with Crippen molar-refractivity contribution in [2.45, 2.75) is 13.8 Å². The van der Waals surface area contributed by atoms with Crippen LogP contribution < -0.4 is 0 Å². The molecular weight excluding hydrogens is 252 g/mol. The van der Waals surface area contributed by atoms with E-state index in [1.165, 1.54) is 16.8 Å². The minimum absolute atomic E-state index is 0.209. The van der Waals surface area contributed by atoms with E-state index < -0.39 is 9.85 Å². The van der Waals surface area contributed by atoms with Gasteiger partial charge >= 0.3 is 5.69 Å². The Bertz CT molecular complexity index is 677. The van der Waals surface area contributed by atoms with Crippen molar-refractivity contribution in [3.05, 3.63) is 55.9 Å². The summed E-state index contributed by atoms with van der Waals surface area (Å²) in [6.07, 6.45) is 0. The third-order valence-electron chi connectivity index (χ3n) is 2.60. The molecule has 0 aliphatic heterocycles. The average molecular weight is 262 g/mol. The molecule has 0 fully saturated rings. The summed E-state index contributed by atoms with van der Waals surface area (Å²) < 4.78 is 1.40. The Morgan fingerprint density at radius 3 is 2.26 bits per heavy atom. The summed E-state index contributed by atoms with van der Waals surface area (Å²) in [4.78, 5) is 20.4. The van der Waals surface area contributed by atoms with Crippen molar-refractivity contribution >= 4 is 11.4 Å². The van der Waals surface area contributed by atoms with Gasteiger partial charge in [-0.3, -0.25) is 20.2 Å². The molecule has 0 atom stereocenters. The molecule has 98 valence electrons. The summed E-state index contributed by atoms with van der Waals surface area (Å²) in [5.41, 5.74) is 0.971. The van der Waals surface area contributed by atoms with Crippen molar-refractivity contribution in [2.24, 2.45) is 0 Å². The van der Waals surface area contributed by atoms with Crippen molar-refractivity contribution < 1.29 is 9.85 Å². The number of benzene rings is 1. The first-order chi connectivity index (χ1) is 8.90. The smallest absolute Gasteiger partial charge is 0.258 e. The number of nitrogens with zero attached hydrogens (tertiary/aromatic N) is 4. The highest BCUT2D eigenvalue weighted by Gasteiger charge is 2.22. The van der Waals surface area contributed by atoms with E-state index in [4.69, 9.17) is 0 Å². The molecule has 8 nitrogen and oxygen atoms in total. The van der Waals surface area contributed by atoms with E-state index >= 15 is 0 Å². The molecule has 2 rings (SSSR count). The summed E-state index contributed by atoms with van der Waals surface area (Å²) in [6.45, 7) is 3.52. The molecule has 1 aromatic heterocycles. The van der Waals surface area contributed by atoms with Gasteiger partial charge < -0.3 is 0 Å². The van der Waals surface area contributed by atoms with E-state index in [2.05, 4.69) is 5.10 Å². The van der Waals surface area contributed by atoms with Crippen molar-refractivity contribution in [1.82, 2.24) is 9.78 Å². The van der Waals surface area contributed by atoms with Gasteiger partial charge in [-0.05, 0) is 26.0 Å². The fraction of sp³-hybridized carbons (Fsp3) is 0.182. The van der Waals surface area contributed by atoms with Gasteiger partial charge in [0.1, 0.15) is 5.69 Å². The van der Waals surface area contributed by atoms with Gasteiger partial charge in [0.25, 0.3) is 5.69 Å². The van der Waals surface area contributed by atoms with E-state index in [0.717, 1.165) is 11.8 Å². The van der Waals surface area contributed by atoms with Gasteiger partial charge in [0.2, 0.25) is 0 Å². The lowest BCUT2D eigenvalue weighted by Gasteiger charge is -2.05. The van der Waals surface area contributed by atoms with Gasteiger partial charge in [0, 0.05) is 11.8 Å². The molecule has 0 saturated carbocycles. The van der Waals surface area contributed by atoms with Gasteiger partial charge in [-0.25, -0.2) is 4.68 Å². The molecule has 0 spiro atoms. The van der Waals surface area contributed by atoms with Gasteiger partial charge in [-0.1, -0.05) is 0 Å². The third kappa shape index (κ3) is 2.28. The maximum Gasteiger partial charge on any atom is 0.301 e. The van der Waals surface area contributed by atoms with Crippen LogP contribution in [0.2, 0.25) is 0 Å². The van der Waals surface area contributed by atoms with Gasteiger partial charge in [0.15, 0.2) is 0 Å². The molecule has 2 aromatic rings. The number of hydrogen-bond donors (Lipinski definition) is 0. The number of aryl methyl sites for hydroxylation is 2. The van der Waals surface area contributed by atoms with E-state index in [9.17, 15) is 20.2 Å². The number of nitro groups is 2. The van der Waals surface area contributed by atoms with Crippen LogP contribution in [0.25, 0.3) is 5.69 Å². The van der Waals surface area contributed by atoms with Crippen LogP contribution in [0, 0.1) is 34.1 Å². The molecule has 0 bridgehead atoms. The first kappa shape index (κ1) is 12.7. The highest BCUT2D eigenvalue weighted by Crippen LogP contribution is 2.28. The SMILES string of the molecule is Cc1cc(C)n(-c2ccc([N+](=O)[O-])cc2[N+](=O)[O-])n1. The van der Waals surface area contributed by atoms with Crippen LogP contribution in [-0.4, -0.2) is 19.6 Å². The average Bonchev–Trinajstić information content (AvgIpc) is 2.67. The predicted molar refractivity (Wildman–Crippen MR) is 66.3 cm³/mol. The minimum atomic E-state index is -0.669. The van der Waals surface area contributed by atoms with Crippen LogP contribution in [0.5, 0.6) is 0 Å². The molecule has 0 aliphatic rings. The highest BCUT2D eigenvalue weighted by molar-refractivity contribution is 5.58. The lowest BCUT2D eigenvalue weighted by molar-refractivity contribution is -0.394. The zero-order chi connectivity index (χ0) is 14.2. The lowest BCUT2D eigenvalue weighted by atomic mass is 10.2. The van der Waals surface area contributed by atoms with E-state index in [1.54, 1.807) is 19.9 Å². The van der Waals surface area contributed by atoms with E-state index in [1.807, 2.05) is 0 Å². The highest BCUT2D eigenvalue weighted by atomic mass is 16.6. The maximum atomic E-state index is 11.0. The molecule has 19 heavy (non-hydrogen) atoms. The van der Waals surface area contributed by atoms with Gasteiger partial charge in [-0.2, -0.15) is 5.10 Å². The molecule has 0 N–H and O–H groups in total. The molecule has 0 radical (unpaired) electrons. The summed E-state index contributed by atoms with van der Waals surface area (Å²) >= 11 is 0. The second-order valence-electron chi connectivity index (χ2n) is 4.03. The Kier molecular flexibility index (Phi) is 2.99. The normalized spacial score (nSPS) is 10.4. The largest absolute Gasteiger partial charge is 0.301 e. The second kappa shape index (κ2) is 4.48. The van der Waals surface area contributed by atoms with Crippen LogP contribution in [0.3, 0.4) is 0 Å². The summed E-state index contributed by atoms with van der Waals surface area (Å²) in [5, 5.41) is 25.8. The van der Waals surface area contributed by atoms with E-state index in [0.29, 0.717) is 5.69 Å². The maximum absolute atomic E-state index is 11.0. The topological polar surface area (TPSA) is 104 Å². The predicted octanol–water partition coefficient (Wildman–Crippen LogP) is 2.31. The second-order valence-corrected chi connectivity index (χ2v) is 4.03. The molecule has 1 heterocycles. The van der Waals surface area contributed by atoms with Crippen molar-refractivity contribution in [2.75, 3.05) is 0 Å². The Morgan fingerprint density at radius 1 is 1.11 bits per heavy atom. The molecule has 8 heteroatoms. The van der Waals surface area contributed by atoms with Gasteiger partial charge in [0.05, 0.1) is 21.6 Å². The van der Waals surface area contributed by atoms with Crippen molar-refractivity contribution in [1.29, 1.82) is 0 Å². The zero-order valence-electron chi connectivity index (χ0n) is 10.2. The third-order valence-corrected chi connectivity index (χ3v) is 2.60. The first-order valence-corrected chi connectivity index (χ1v) is 5.36. The fourth-order valence-corrected chi connectivity index (χ4v) is 1.82. The van der Waals surface area contributed by atoms with E-state index in [-0.39, 0.29) is 17.1 Å². The van der Waals surface area contributed by atoms with Crippen molar-refractivity contribution in [3.8, 4) is 5.69 Å². The summed E-state index contributed by atoms with van der Waals surface area (Å²) in [7, 11) is 0. The molecule has 1 aromatic carbocycles. The number of rotatable bonds is 3. The Labute approximate surface area is 107 Å². The fourth-order valence-electron chi connectivity index (χ4n) is 1.82. The molecular formula is C11H10N4O4. The molecule has 0 saturated heterocycles. The number of nitro benzene ring substituents is 2. The lowest BCUT2D eigenvalue weighted by Crippen LogP contribution is -2.04. The molecule has 0 aliphatic carbocycles. The Morgan fingerprint density at radius 2 is 1.79 bits per heavy atom. The van der Waals surface area contributed by atoms with Crippen LogP contribution in [0.4, 0.5) is 11.4 Å². The molecule has 0 amide bonds. The number of aromatic nitrogens is 2. The Balaban J connectivity index is 2.66. The Hall–Kier alpha value is -2.77. The van der Waals surface area contributed by atoms with Crippen molar-refractivity contribution in [3.63, 3.8) is 0 Å². The van der Waals surface area contributed by atoms with Crippen LogP contribution in [0.1, 0.15) is 11.4 Å². The quantitative estimate of drug-likeness (QED) is 0.623. The number of non-ortho nitro benzene ring substituents is 1. The zero-order valence-corrected chi connectivity index (χ0v) is 10.2. The monoisotopic (exact) mass is 262 g/mol. The summed E-state index contributed by atoms with van der Waals surface area (Å²) in [5.74, 6) is 0. The summed E-state index contributed by atoms with van der Waals surface area (Å²) in [6, 6.07) is 5.26. The van der Waals surface area contributed by atoms with Crippen LogP contribution in [-0.2, 0) is 0 Å². The minimum Gasteiger partial charge on any atom is -0.258 e. The molecule has 0 unspecified atom stereocenters. The van der Waals surface area contributed by atoms with Crippen LogP contribution in [0.15, 0.2) is 24.3 Å².